The lowest BCUT2D eigenvalue weighted by Gasteiger charge is -2.15. The zero-order valence-corrected chi connectivity index (χ0v) is 13.1. The Morgan fingerprint density at radius 2 is 1.90 bits per heavy atom. The minimum Gasteiger partial charge on any atom is -0.459 e. The minimum absolute atomic E-state index is 0.121. The predicted octanol–water partition coefficient (Wildman–Crippen LogP) is 5.68. The van der Waals surface area contributed by atoms with Gasteiger partial charge in [0.25, 0.3) is 0 Å². The van der Waals surface area contributed by atoms with Gasteiger partial charge in [-0.25, -0.2) is 0 Å². The fraction of sp³-hybridized carbons (Fsp3) is 0.176. The molecule has 0 bridgehead atoms. The number of benzene rings is 2. The highest BCUT2D eigenvalue weighted by Crippen LogP contribution is 2.28. The van der Waals surface area contributed by atoms with Crippen molar-refractivity contribution in [1.82, 2.24) is 0 Å². The molecule has 0 aliphatic heterocycles. The smallest absolute Gasteiger partial charge is 0.134 e. The summed E-state index contributed by atoms with van der Waals surface area (Å²) < 4.78 is 6.97. The molecule has 3 heteroatoms. The van der Waals surface area contributed by atoms with E-state index >= 15 is 0 Å². The molecule has 0 spiro atoms. The summed E-state index contributed by atoms with van der Waals surface area (Å²) in [7, 11) is 0. The van der Waals surface area contributed by atoms with Crippen LogP contribution in [0.1, 0.15) is 24.3 Å². The highest BCUT2D eigenvalue weighted by molar-refractivity contribution is 9.10. The summed E-state index contributed by atoms with van der Waals surface area (Å²) in [4.78, 5) is 0. The molecule has 0 aliphatic carbocycles. The molecule has 1 atom stereocenters. The Bertz CT molecular complexity index is 715. The molecule has 0 amide bonds. The van der Waals surface area contributed by atoms with Crippen LogP contribution in [0.3, 0.4) is 0 Å². The Hall–Kier alpha value is -1.74. The monoisotopic (exact) mass is 329 g/mol. The van der Waals surface area contributed by atoms with Crippen LogP contribution in [0.2, 0.25) is 0 Å². The van der Waals surface area contributed by atoms with E-state index in [4.69, 9.17) is 4.42 Å². The van der Waals surface area contributed by atoms with E-state index in [0.717, 1.165) is 26.9 Å². The highest BCUT2D eigenvalue weighted by Gasteiger charge is 2.12. The van der Waals surface area contributed by atoms with Crippen molar-refractivity contribution in [2.24, 2.45) is 0 Å². The largest absolute Gasteiger partial charge is 0.459 e. The molecule has 1 N–H and O–H groups in total. The van der Waals surface area contributed by atoms with E-state index in [9.17, 15) is 0 Å². The molecule has 102 valence electrons. The third kappa shape index (κ3) is 2.59. The molecule has 3 rings (SSSR count). The van der Waals surface area contributed by atoms with Crippen LogP contribution in [0, 0.1) is 6.92 Å². The number of halogens is 1. The maximum Gasteiger partial charge on any atom is 0.134 e. The normalized spacial score (nSPS) is 12.6. The van der Waals surface area contributed by atoms with Gasteiger partial charge in [-0.3, -0.25) is 0 Å². The number of rotatable bonds is 3. The molecule has 2 nitrogen and oxygen atoms in total. The summed E-state index contributed by atoms with van der Waals surface area (Å²) in [5.41, 5.74) is 3.27. The number of hydrogen-bond donors (Lipinski definition) is 1. The van der Waals surface area contributed by atoms with Crippen molar-refractivity contribution < 1.29 is 4.42 Å². The molecule has 0 fully saturated rings. The van der Waals surface area contributed by atoms with Gasteiger partial charge < -0.3 is 9.73 Å². The van der Waals surface area contributed by atoms with Crippen molar-refractivity contribution in [1.29, 1.82) is 0 Å². The van der Waals surface area contributed by atoms with Crippen LogP contribution in [-0.2, 0) is 0 Å². The van der Waals surface area contributed by atoms with Gasteiger partial charge in [-0.1, -0.05) is 40.2 Å². The van der Waals surface area contributed by atoms with Crippen LogP contribution in [-0.4, -0.2) is 0 Å². The van der Waals surface area contributed by atoms with E-state index < -0.39 is 0 Å². The SMILES string of the molecule is Cc1ccc(Br)cc1NC(C)c1cc2ccccc2o1. The standard InChI is InChI=1S/C17H16BrNO/c1-11-7-8-14(18)10-15(11)19-12(2)17-9-13-5-3-4-6-16(13)20-17/h3-10,12,19H,1-2H3. The molecule has 0 saturated carbocycles. The molecule has 20 heavy (non-hydrogen) atoms. The van der Waals surface area contributed by atoms with Gasteiger partial charge >= 0.3 is 0 Å². The van der Waals surface area contributed by atoms with Gasteiger partial charge in [0.15, 0.2) is 0 Å². The van der Waals surface area contributed by atoms with Gasteiger partial charge in [0.1, 0.15) is 11.3 Å². The van der Waals surface area contributed by atoms with Crippen LogP contribution in [0.5, 0.6) is 0 Å². The van der Waals surface area contributed by atoms with Crippen molar-refractivity contribution in [3.8, 4) is 0 Å². The van der Waals surface area contributed by atoms with Gasteiger partial charge in [-0.2, -0.15) is 0 Å². The van der Waals surface area contributed by atoms with E-state index in [0.29, 0.717) is 0 Å². The fourth-order valence-corrected chi connectivity index (χ4v) is 2.63. The molecular formula is C17H16BrNO. The number of fused-ring (bicyclic) bond motifs is 1. The Balaban J connectivity index is 1.88. The molecule has 0 radical (unpaired) electrons. The van der Waals surface area contributed by atoms with E-state index in [2.05, 4.69) is 59.4 Å². The maximum absolute atomic E-state index is 5.90. The second kappa shape index (κ2) is 5.33. The van der Waals surface area contributed by atoms with E-state index in [1.807, 2.05) is 24.3 Å². The summed E-state index contributed by atoms with van der Waals surface area (Å²) in [5, 5.41) is 4.65. The summed E-state index contributed by atoms with van der Waals surface area (Å²) in [6.07, 6.45) is 0. The number of anilines is 1. The van der Waals surface area contributed by atoms with Crippen molar-refractivity contribution in [2.75, 3.05) is 5.32 Å². The van der Waals surface area contributed by atoms with Gasteiger partial charge in [0.2, 0.25) is 0 Å². The van der Waals surface area contributed by atoms with Crippen LogP contribution < -0.4 is 5.32 Å². The van der Waals surface area contributed by atoms with Crippen LogP contribution >= 0.6 is 15.9 Å². The van der Waals surface area contributed by atoms with Crippen molar-refractivity contribution >= 4 is 32.6 Å². The van der Waals surface area contributed by atoms with Crippen LogP contribution in [0.25, 0.3) is 11.0 Å². The number of aryl methyl sites for hydroxylation is 1. The maximum atomic E-state index is 5.90. The Morgan fingerprint density at radius 3 is 2.70 bits per heavy atom. The summed E-state index contributed by atoms with van der Waals surface area (Å²) in [5.74, 6) is 0.950. The number of hydrogen-bond acceptors (Lipinski definition) is 2. The molecule has 0 aliphatic rings. The van der Waals surface area contributed by atoms with Gasteiger partial charge in [-0.05, 0) is 43.7 Å². The molecule has 2 aromatic carbocycles. The van der Waals surface area contributed by atoms with E-state index in [1.165, 1.54) is 5.56 Å². The lowest BCUT2D eigenvalue weighted by Crippen LogP contribution is -2.06. The molecule has 1 unspecified atom stereocenters. The Kier molecular flexibility index (Phi) is 3.53. The first-order valence-corrected chi connectivity index (χ1v) is 7.44. The van der Waals surface area contributed by atoms with Gasteiger partial charge in [0.05, 0.1) is 6.04 Å². The number of para-hydroxylation sites is 1. The van der Waals surface area contributed by atoms with Gasteiger partial charge in [0, 0.05) is 15.5 Å². The molecule has 0 saturated heterocycles. The quantitative estimate of drug-likeness (QED) is 0.669. The van der Waals surface area contributed by atoms with Gasteiger partial charge in [-0.15, -0.1) is 0 Å². The number of furan rings is 1. The highest BCUT2D eigenvalue weighted by atomic mass is 79.9. The first-order chi connectivity index (χ1) is 9.63. The summed E-state index contributed by atoms with van der Waals surface area (Å²) >= 11 is 3.51. The third-order valence-corrected chi connectivity index (χ3v) is 3.94. The van der Waals surface area contributed by atoms with E-state index in [-0.39, 0.29) is 6.04 Å². The zero-order valence-electron chi connectivity index (χ0n) is 11.5. The second-order valence-electron chi connectivity index (χ2n) is 5.01. The Morgan fingerprint density at radius 1 is 1.10 bits per heavy atom. The first-order valence-electron chi connectivity index (χ1n) is 6.64. The first kappa shape index (κ1) is 13.3. The van der Waals surface area contributed by atoms with Crippen molar-refractivity contribution in [2.45, 2.75) is 19.9 Å². The molecule has 1 aromatic heterocycles. The van der Waals surface area contributed by atoms with Crippen LogP contribution in [0.4, 0.5) is 5.69 Å². The molecular weight excluding hydrogens is 314 g/mol. The van der Waals surface area contributed by atoms with Crippen molar-refractivity contribution in [3.63, 3.8) is 0 Å². The Labute approximate surface area is 126 Å². The fourth-order valence-electron chi connectivity index (χ4n) is 2.27. The summed E-state index contributed by atoms with van der Waals surface area (Å²) in [6.45, 7) is 4.21. The van der Waals surface area contributed by atoms with Crippen LogP contribution in [0.15, 0.2) is 57.4 Å². The molecule has 1 heterocycles. The lowest BCUT2D eigenvalue weighted by atomic mass is 10.1. The zero-order chi connectivity index (χ0) is 14.1. The lowest BCUT2D eigenvalue weighted by molar-refractivity contribution is 0.526. The van der Waals surface area contributed by atoms with E-state index in [1.54, 1.807) is 0 Å². The minimum atomic E-state index is 0.121. The average molecular weight is 330 g/mol. The average Bonchev–Trinajstić information content (AvgIpc) is 2.87. The topological polar surface area (TPSA) is 25.2 Å². The predicted molar refractivity (Wildman–Crippen MR) is 87.1 cm³/mol. The third-order valence-electron chi connectivity index (χ3n) is 3.44. The summed E-state index contributed by atoms with van der Waals surface area (Å²) in [6, 6.07) is 16.5. The number of nitrogens with one attached hydrogen (secondary N) is 1. The molecule has 3 aromatic rings. The van der Waals surface area contributed by atoms with Crippen molar-refractivity contribution in [3.05, 3.63) is 64.3 Å². The second-order valence-corrected chi connectivity index (χ2v) is 5.93.